The van der Waals surface area contributed by atoms with Gasteiger partial charge in [0.25, 0.3) is 0 Å². The third-order valence-corrected chi connectivity index (χ3v) is 3.11. The van der Waals surface area contributed by atoms with Crippen LogP contribution in [-0.4, -0.2) is 18.4 Å². The van der Waals surface area contributed by atoms with Crippen molar-refractivity contribution in [3.05, 3.63) is 27.8 Å². The normalized spacial score (nSPS) is 19.3. The highest BCUT2D eigenvalue weighted by atomic mass is 127. The first kappa shape index (κ1) is 11.4. The van der Waals surface area contributed by atoms with Crippen LogP contribution in [0, 0.1) is 9.49 Å². The predicted molar refractivity (Wildman–Crippen MR) is 68.9 cm³/mol. The molecule has 5 heteroatoms. The van der Waals surface area contributed by atoms with E-state index in [4.69, 9.17) is 0 Å². The zero-order chi connectivity index (χ0) is 11.5. The summed E-state index contributed by atoms with van der Waals surface area (Å²) < 4.78 is 1.07. The summed E-state index contributed by atoms with van der Waals surface area (Å²) in [7, 11) is 0. The fourth-order valence-electron chi connectivity index (χ4n) is 1.60. The van der Waals surface area contributed by atoms with E-state index in [1.165, 1.54) is 0 Å². The molecule has 0 aromatic heterocycles. The summed E-state index contributed by atoms with van der Waals surface area (Å²) >= 11 is 2.19. The number of halogens is 1. The number of carbonyl (C=O) groups is 2. The standard InChI is InChI=1S/C11H11IN2O2/c12-8-2-1-3-9(5-8)14-11(16)7-4-10(15)13-6-7/h1-3,5,7H,4,6H2,(H,13,15)(H,14,16). The maximum absolute atomic E-state index is 11.8. The summed E-state index contributed by atoms with van der Waals surface area (Å²) in [6.07, 6.45) is 0.287. The number of amides is 2. The Labute approximate surface area is 107 Å². The highest BCUT2D eigenvalue weighted by molar-refractivity contribution is 14.1. The summed E-state index contributed by atoms with van der Waals surface area (Å²) in [5.41, 5.74) is 0.774. The molecule has 0 bridgehead atoms. The van der Waals surface area contributed by atoms with Crippen molar-refractivity contribution >= 4 is 40.1 Å². The van der Waals surface area contributed by atoms with Gasteiger partial charge >= 0.3 is 0 Å². The van der Waals surface area contributed by atoms with Crippen molar-refractivity contribution < 1.29 is 9.59 Å². The third kappa shape index (κ3) is 2.72. The van der Waals surface area contributed by atoms with Crippen molar-refractivity contribution in [3.8, 4) is 0 Å². The Balaban J connectivity index is 1.99. The van der Waals surface area contributed by atoms with Gasteiger partial charge in [0.15, 0.2) is 0 Å². The van der Waals surface area contributed by atoms with Crippen molar-refractivity contribution in [2.45, 2.75) is 6.42 Å². The quantitative estimate of drug-likeness (QED) is 0.805. The van der Waals surface area contributed by atoms with E-state index in [0.717, 1.165) is 9.26 Å². The first-order valence-corrected chi connectivity index (χ1v) is 6.06. The van der Waals surface area contributed by atoms with Crippen LogP contribution in [-0.2, 0) is 9.59 Å². The molecule has 0 saturated carbocycles. The van der Waals surface area contributed by atoms with Gasteiger partial charge in [0.1, 0.15) is 0 Å². The number of rotatable bonds is 2. The summed E-state index contributed by atoms with van der Waals surface area (Å²) in [5.74, 6) is -0.395. The smallest absolute Gasteiger partial charge is 0.229 e. The van der Waals surface area contributed by atoms with Gasteiger partial charge in [-0.05, 0) is 40.8 Å². The maximum atomic E-state index is 11.8. The molecule has 16 heavy (non-hydrogen) atoms. The molecular weight excluding hydrogens is 319 g/mol. The molecule has 0 spiro atoms. The van der Waals surface area contributed by atoms with E-state index < -0.39 is 0 Å². The number of benzene rings is 1. The minimum atomic E-state index is -0.245. The predicted octanol–water partition coefficient (Wildman–Crippen LogP) is 1.37. The molecule has 1 unspecified atom stereocenters. The Morgan fingerprint density at radius 2 is 2.31 bits per heavy atom. The first-order chi connectivity index (χ1) is 7.65. The van der Waals surface area contributed by atoms with Crippen LogP contribution < -0.4 is 10.6 Å². The molecule has 0 aliphatic carbocycles. The van der Waals surface area contributed by atoms with Gasteiger partial charge in [-0.2, -0.15) is 0 Å². The van der Waals surface area contributed by atoms with Crippen molar-refractivity contribution in [3.63, 3.8) is 0 Å². The molecule has 1 fully saturated rings. The molecule has 1 aromatic carbocycles. The summed E-state index contributed by atoms with van der Waals surface area (Å²) in [4.78, 5) is 22.7. The topological polar surface area (TPSA) is 58.2 Å². The second kappa shape index (κ2) is 4.82. The van der Waals surface area contributed by atoms with Crippen molar-refractivity contribution in [2.75, 3.05) is 11.9 Å². The van der Waals surface area contributed by atoms with Crippen LogP contribution in [0.5, 0.6) is 0 Å². The second-order valence-corrected chi connectivity index (χ2v) is 4.95. The number of carbonyl (C=O) groups excluding carboxylic acids is 2. The zero-order valence-electron chi connectivity index (χ0n) is 8.50. The highest BCUT2D eigenvalue weighted by Crippen LogP contribution is 2.15. The average molecular weight is 330 g/mol. The molecule has 1 aliphatic heterocycles. The molecule has 0 radical (unpaired) electrons. The van der Waals surface area contributed by atoms with Gasteiger partial charge in [0.2, 0.25) is 11.8 Å². The van der Waals surface area contributed by atoms with Gasteiger partial charge in [-0.1, -0.05) is 6.07 Å². The van der Waals surface area contributed by atoms with Gasteiger partial charge < -0.3 is 10.6 Å². The van der Waals surface area contributed by atoms with E-state index >= 15 is 0 Å². The Morgan fingerprint density at radius 3 is 2.94 bits per heavy atom. The number of nitrogens with one attached hydrogen (secondary N) is 2. The largest absolute Gasteiger partial charge is 0.355 e. The van der Waals surface area contributed by atoms with Crippen molar-refractivity contribution in [1.82, 2.24) is 5.32 Å². The van der Waals surface area contributed by atoms with E-state index in [9.17, 15) is 9.59 Å². The first-order valence-electron chi connectivity index (χ1n) is 4.98. The van der Waals surface area contributed by atoms with Gasteiger partial charge in [-0.15, -0.1) is 0 Å². The highest BCUT2D eigenvalue weighted by Gasteiger charge is 2.27. The Morgan fingerprint density at radius 1 is 1.50 bits per heavy atom. The van der Waals surface area contributed by atoms with E-state index in [0.29, 0.717) is 6.54 Å². The van der Waals surface area contributed by atoms with Crippen LogP contribution >= 0.6 is 22.6 Å². The summed E-state index contributed by atoms with van der Waals surface area (Å²) in [6, 6.07) is 7.57. The maximum Gasteiger partial charge on any atom is 0.229 e. The molecule has 84 valence electrons. The molecule has 1 aromatic rings. The Hall–Kier alpha value is -1.11. The monoisotopic (exact) mass is 330 g/mol. The van der Waals surface area contributed by atoms with E-state index in [2.05, 4.69) is 33.2 Å². The SMILES string of the molecule is O=C1CC(C(=O)Nc2cccc(I)c2)CN1. The lowest BCUT2D eigenvalue weighted by molar-refractivity contribution is -0.123. The lowest BCUT2D eigenvalue weighted by Crippen LogP contribution is -2.24. The lowest BCUT2D eigenvalue weighted by Gasteiger charge is -2.09. The second-order valence-electron chi connectivity index (χ2n) is 3.70. The van der Waals surface area contributed by atoms with E-state index in [1.807, 2.05) is 24.3 Å². The minimum absolute atomic E-state index is 0.0530. The number of hydrogen-bond acceptors (Lipinski definition) is 2. The zero-order valence-corrected chi connectivity index (χ0v) is 10.7. The molecule has 2 N–H and O–H groups in total. The van der Waals surface area contributed by atoms with Crippen LogP contribution in [0.3, 0.4) is 0 Å². The van der Waals surface area contributed by atoms with Crippen molar-refractivity contribution in [1.29, 1.82) is 0 Å². The third-order valence-electron chi connectivity index (χ3n) is 2.44. The van der Waals surface area contributed by atoms with Gasteiger partial charge in [-0.25, -0.2) is 0 Å². The Kier molecular flexibility index (Phi) is 3.42. The Bertz CT molecular complexity index is 434. The molecule has 1 saturated heterocycles. The van der Waals surface area contributed by atoms with Crippen LogP contribution in [0.4, 0.5) is 5.69 Å². The van der Waals surface area contributed by atoms with Gasteiger partial charge in [-0.3, -0.25) is 9.59 Å². The molecule has 1 atom stereocenters. The number of hydrogen-bond donors (Lipinski definition) is 2. The molecule has 1 heterocycles. The van der Waals surface area contributed by atoms with E-state index in [1.54, 1.807) is 0 Å². The van der Waals surface area contributed by atoms with Crippen molar-refractivity contribution in [2.24, 2.45) is 5.92 Å². The fourth-order valence-corrected chi connectivity index (χ4v) is 2.14. The van der Waals surface area contributed by atoms with Gasteiger partial charge in [0, 0.05) is 22.2 Å². The van der Waals surface area contributed by atoms with Crippen LogP contribution in [0.15, 0.2) is 24.3 Å². The van der Waals surface area contributed by atoms with Crippen LogP contribution in [0.1, 0.15) is 6.42 Å². The molecular formula is C11H11IN2O2. The molecule has 4 nitrogen and oxygen atoms in total. The fraction of sp³-hybridized carbons (Fsp3) is 0.273. The van der Waals surface area contributed by atoms with E-state index in [-0.39, 0.29) is 24.2 Å². The molecule has 2 rings (SSSR count). The molecule has 1 aliphatic rings. The summed E-state index contributed by atoms with van der Waals surface area (Å²) in [6.45, 7) is 0.439. The van der Waals surface area contributed by atoms with Crippen LogP contribution in [0.2, 0.25) is 0 Å². The molecule has 2 amide bonds. The number of anilines is 1. The minimum Gasteiger partial charge on any atom is -0.355 e. The van der Waals surface area contributed by atoms with Gasteiger partial charge in [0.05, 0.1) is 5.92 Å². The lowest BCUT2D eigenvalue weighted by atomic mass is 10.1. The van der Waals surface area contributed by atoms with Crippen LogP contribution in [0.25, 0.3) is 0 Å². The average Bonchev–Trinajstić information content (AvgIpc) is 2.65. The summed E-state index contributed by atoms with van der Waals surface area (Å²) in [5, 5.41) is 5.46.